The molecule has 0 aliphatic rings. The van der Waals surface area contributed by atoms with Crippen molar-refractivity contribution >= 4 is 97.7 Å². The van der Waals surface area contributed by atoms with Gasteiger partial charge in [0.15, 0.2) is 0 Å². The second-order valence-electron chi connectivity index (χ2n) is 18.8. The highest BCUT2D eigenvalue weighted by molar-refractivity contribution is 6.24. The number of furan rings is 2. The number of hydrogen-bond donors (Lipinski definition) is 0. The molecule has 0 spiro atoms. The molecule has 2 heterocycles. The molecule has 0 bridgehead atoms. The summed E-state index contributed by atoms with van der Waals surface area (Å²) in [6, 6.07) is -50.8. The number of para-hydroxylation sites is 2. The molecule has 0 fully saturated rings. The molecule has 0 radical (unpaired) electrons. The molecule has 18 aromatic rings. The van der Waals surface area contributed by atoms with Gasteiger partial charge >= 0.3 is 0 Å². The Hall–Kier alpha value is -11.6. The van der Waals surface area contributed by atoms with Crippen molar-refractivity contribution in [2.75, 3.05) is 0 Å². The first-order valence-corrected chi connectivity index (χ1v) is 25.8. The Bertz CT molecular complexity index is 8880. The Morgan fingerprint density at radius 1 is 0.182 bits per heavy atom. The summed E-state index contributed by atoms with van der Waals surface area (Å²) in [5, 5.41) is -9.06. The van der Waals surface area contributed by atoms with Crippen molar-refractivity contribution in [3.63, 3.8) is 0 Å². The van der Waals surface area contributed by atoms with Crippen LogP contribution in [0.25, 0.3) is 176 Å². The predicted molar refractivity (Wildman–Crippen MR) is 373 cm³/mol. The average Bonchev–Trinajstić information content (AvgIpc) is 0.864. The van der Waals surface area contributed by atoms with Crippen molar-refractivity contribution in [3.05, 3.63) is 326 Å². The smallest absolute Gasteiger partial charge is 0.136 e. The van der Waals surface area contributed by atoms with E-state index in [-0.39, 0.29) is 0 Å². The molecular weight excluding hydrogens is 1060 g/mol. The monoisotopic (exact) mass is 1170 g/mol. The fourth-order valence-electron chi connectivity index (χ4n) is 10.4. The van der Waals surface area contributed by atoms with Crippen molar-refractivity contribution in [1.82, 2.24) is 0 Å². The van der Waals surface area contributed by atoms with E-state index in [0.29, 0.717) is 0 Å². The Morgan fingerprint density at radius 2 is 0.489 bits per heavy atom. The first-order chi connectivity index (χ1) is 66.1. The van der Waals surface area contributed by atoms with Crippen LogP contribution in [0.1, 0.15) is 74.0 Å². The van der Waals surface area contributed by atoms with E-state index in [1.165, 1.54) is 0 Å². The molecule has 16 aromatic carbocycles. The first kappa shape index (κ1) is 20.3. The van der Waals surface area contributed by atoms with Crippen molar-refractivity contribution in [2.24, 2.45) is 0 Å². The third-order valence-electron chi connectivity index (χ3n) is 14.1. The largest absolute Gasteiger partial charge is 0.456 e. The lowest BCUT2D eigenvalue weighted by Gasteiger charge is -2.20. The van der Waals surface area contributed by atoms with Gasteiger partial charge in [0.1, 0.15) is 22.3 Å². The first-order valence-electron chi connectivity index (χ1n) is 52.8. The Balaban J connectivity index is 0.000000196. The standard InChI is InChI=1S/C44H28O.C42H26O/c1-2-13-29(14-3-1)32-15-4-5-16-34(32)43-37-19-8-6-17-35(37)42(36-18-7-9-20-38(36)43)31-27-25-30(26-28-31)33-22-12-24-41-44(33)39-21-10-11-23-40(39)45-41;1-2-11-30-26-31(25-20-27(30)10-1)41-35-14-5-3-12-33(35)40(34-13-4-6-15-36(34)41)29-23-21-28(22-24-29)32-17-9-19-39-42(32)37-16-7-8-18-38(37)43-39/h1-28H;1-26H/i1D,2D,3D,4D,5D,6D,7D,8D,9D,10D,11D,12D,13D,14D,15D,16D,17D,18D,19D,20D,21D,22D,23D,24D,25D,26D,27D,28D;1D,2D,3D,4D,5D,6D,7D,8D,9D,10D,11D,12D,13D,14D,15D,16D,17D,18D,19D,20D,21D,22D,23D,24D,25D,26D. The maximum atomic E-state index is 9.61. The quantitative estimate of drug-likeness (QED) is 0.149. The van der Waals surface area contributed by atoms with Crippen molar-refractivity contribution in [1.29, 1.82) is 0 Å². The lowest BCUT2D eigenvalue weighted by atomic mass is 9.83. The van der Waals surface area contributed by atoms with Gasteiger partial charge in [-0.05, 0) is 162 Å². The summed E-state index contributed by atoms with van der Waals surface area (Å²) in [5.41, 5.74) is -13.1. The van der Waals surface area contributed by atoms with E-state index >= 15 is 0 Å². The zero-order valence-corrected chi connectivity index (χ0v) is 43.8. The fourth-order valence-corrected chi connectivity index (χ4v) is 10.4. The normalized spacial score (nSPS) is 20.2. The van der Waals surface area contributed by atoms with E-state index in [2.05, 4.69) is 0 Å². The fraction of sp³-hybridized carbons (Fsp3) is 0. The van der Waals surface area contributed by atoms with E-state index in [9.17, 15) is 26.0 Å². The SMILES string of the molecule is [2H]c1c([2H])c(-c2c([2H])c([2H])c([2H])c3oc4c([2H])c([2H])c([2H])c([2H])c4c23)c([2H])c([2H])c1-c1c2c([2H])c([2H])c([2H])c([2H])c2c(-c2c([2H])c([2H])c3c([2H])c([2H])c([2H])c([2H])c3c2[2H])c2c([2H])c([2H])c([2H])c([2H])c12.[2H]c1c([2H])c([2H])c(-c2c([2H])c([2H])c([2H])c([2H])c2-c2c3c([2H])c([2H])c([2H])c([2H])c3c(-c3c([2H])c([2H])c(-c4c([2H])c([2H])c([2H])c5oc6c([2H])c([2H])c([2H])c([2H])c6c45)c([2H])c3[2H])c3c([2H])c([2H])c([2H])c([2H])c23)c([2H])c1[2H]. The van der Waals surface area contributed by atoms with Crippen LogP contribution < -0.4 is 0 Å². The van der Waals surface area contributed by atoms with Crippen LogP contribution in [0.3, 0.4) is 0 Å². The van der Waals surface area contributed by atoms with Crippen LogP contribution in [0.5, 0.6) is 0 Å². The molecule has 0 saturated carbocycles. The number of fused-ring (bicyclic) bond motifs is 11. The van der Waals surface area contributed by atoms with Crippen LogP contribution in [-0.4, -0.2) is 0 Å². The molecule has 410 valence electrons. The molecule has 0 amide bonds. The zero-order chi connectivity index (χ0) is 105. The van der Waals surface area contributed by atoms with E-state index in [0.717, 1.165) is 0 Å². The molecule has 2 nitrogen and oxygen atoms in total. The van der Waals surface area contributed by atoms with E-state index in [1.54, 1.807) is 0 Å². The Labute approximate surface area is 584 Å². The zero-order valence-electron chi connectivity index (χ0n) is 97.8. The highest BCUT2D eigenvalue weighted by Crippen LogP contribution is 2.48. The van der Waals surface area contributed by atoms with Crippen LogP contribution in [0.4, 0.5) is 0 Å². The van der Waals surface area contributed by atoms with E-state index in [1.807, 2.05) is 0 Å². The van der Waals surface area contributed by atoms with Crippen molar-refractivity contribution in [3.8, 4) is 77.9 Å². The Kier molecular flexibility index (Phi) is 4.88. The molecule has 0 atom stereocenters. The van der Waals surface area contributed by atoms with Crippen LogP contribution in [0.2, 0.25) is 0 Å². The van der Waals surface area contributed by atoms with Crippen molar-refractivity contribution in [2.45, 2.75) is 0 Å². The molecule has 2 aromatic heterocycles. The lowest BCUT2D eigenvalue weighted by Crippen LogP contribution is -1.92. The minimum Gasteiger partial charge on any atom is -0.456 e. The second kappa shape index (κ2) is 21.2. The Morgan fingerprint density at radius 3 is 0.955 bits per heavy atom. The highest BCUT2D eigenvalue weighted by Gasteiger charge is 2.22. The van der Waals surface area contributed by atoms with Crippen molar-refractivity contribution < 1.29 is 82.9 Å². The lowest BCUT2D eigenvalue weighted by molar-refractivity contribution is 0.668. The minimum absolute atomic E-state index is 0.420. The second-order valence-corrected chi connectivity index (χ2v) is 18.8. The third-order valence-corrected chi connectivity index (χ3v) is 14.1. The maximum absolute atomic E-state index is 9.61. The summed E-state index contributed by atoms with van der Waals surface area (Å²) in [6.45, 7) is 0. The van der Waals surface area contributed by atoms with E-state index < -0.39 is 502 Å². The number of rotatable bonds is 7. The molecule has 18 rings (SSSR count). The topological polar surface area (TPSA) is 26.3 Å². The number of hydrogen-bond acceptors (Lipinski definition) is 2. The van der Waals surface area contributed by atoms with Crippen LogP contribution >= 0.6 is 0 Å². The van der Waals surface area contributed by atoms with Crippen LogP contribution in [0.15, 0.2) is 335 Å². The van der Waals surface area contributed by atoms with Gasteiger partial charge in [0.25, 0.3) is 0 Å². The van der Waals surface area contributed by atoms with Crippen LogP contribution in [-0.2, 0) is 0 Å². The summed E-state index contributed by atoms with van der Waals surface area (Å²) in [7, 11) is 0. The predicted octanol–water partition coefficient (Wildman–Crippen LogP) is 24.6. The van der Waals surface area contributed by atoms with Gasteiger partial charge in [-0.3, -0.25) is 0 Å². The molecule has 0 aliphatic carbocycles. The summed E-state index contributed by atoms with van der Waals surface area (Å²) in [6.07, 6.45) is 0. The molecule has 88 heavy (non-hydrogen) atoms. The van der Waals surface area contributed by atoms with Gasteiger partial charge < -0.3 is 8.83 Å². The van der Waals surface area contributed by atoms with Gasteiger partial charge in [0, 0.05) is 21.5 Å². The van der Waals surface area contributed by atoms with Gasteiger partial charge in [-0.1, -0.05) is 296 Å². The molecule has 2 heteroatoms. The van der Waals surface area contributed by atoms with Gasteiger partial charge in [0.2, 0.25) is 0 Å². The third kappa shape index (κ3) is 8.49. The molecule has 0 saturated heterocycles. The van der Waals surface area contributed by atoms with Gasteiger partial charge in [-0.15, -0.1) is 0 Å². The molecule has 0 aliphatic heterocycles. The van der Waals surface area contributed by atoms with Gasteiger partial charge in [0.05, 0.1) is 74.0 Å². The van der Waals surface area contributed by atoms with Gasteiger partial charge in [-0.25, -0.2) is 0 Å². The minimum atomic E-state index is -1.11. The molecule has 0 N–H and O–H groups in total. The maximum Gasteiger partial charge on any atom is 0.136 e. The summed E-state index contributed by atoms with van der Waals surface area (Å²) in [5.74, 6) is 0. The summed E-state index contributed by atoms with van der Waals surface area (Å²) >= 11 is 0. The molecule has 0 unspecified atom stereocenters. The number of benzene rings is 16. The summed E-state index contributed by atoms with van der Waals surface area (Å²) < 4.78 is 493. The van der Waals surface area contributed by atoms with Crippen LogP contribution in [0, 0.1) is 0 Å². The highest BCUT2D eigenvalue weighted by atomic mass is 16.3. The average molecular weight is 1170 g/mol. The molecular formula is C86H54O2. The summed E-state index contributed by atoms with van der Waals surface area (Å²) in [4.78, 5) is 0. The van der Waals surface area contributed by atoms with Gasteiger partial charge in [-0.2, -0.15) is 0 Å². The van der Waals surface area contributed by atoms with E-state index in [4.69, 9.17) is 56.8 Å².